The van der Waals surface area contributed by atoms with E-state index in [4.69, 9.17) is 13.9 Å². The van der Waals surface area contributed by atoms with Crippen LogP contribution in [0.4, 0.5) is 0 Å². The Kier molecular flexibility index (Phi) is 5.78. The molecule has 176 valence electrons. The molecule has 12 heteroatoms. The van der Waals surface area contributed by atoms with Gasteiger partial charge in [0.15, 0.2) is 17.3 Å². The van der Waals surface area contributed by atoms with Crippen molar-refractivity contribution in [3.05, 3.63) is 40.6 Å². The smallest absolute Gasteiger partial charge is 0.238 e. The van der Waals surface area contributed by atoms with Gasteiger partial charge in [-0.2, -0.15) is 0 Å². The number of phenols is 3. The van der Waals surface area contributed by atoms with Gasteiger partial charge in [0.2, 0.25) is 17.5 Å². The number of benzene rings is 2. The Morgan fingerprint density at radius 2 is 1.64 bits per heavy atom. The summed E-state index contributed by atoms with van der Waals surface area (Å²) in [5, 5.41) is 78.8. The standard InChI is InChI=1S/C21H20O12/c22-6-13-15(26)17(28)19(30)21(33-13)32-11-2-1-7(3-9(11)24)20-18(29)16(27)14-10(25)4-8(23)5-12(14)31-20/h1-5,13,15,17,19,21-26,28-30H,6H2/t13-,15-,17-,19-,21-/m1/s1. The van der Waals surface area contributed by atoms with Gasteiger partial charge in [-0.1, -0.05) is 0 Å². The van der Waals surface area contributed by atoms with Crippen LogP contribution in [0.25, 0.3) is 22.3 Å². The van der Waals surface area contributed by atoms with Gasteiger partial charge in [-0.3, -0.25) is 4.79 Å². The number of fused-ring (bicyclic) bond motifs is 1. The predicted molar refractivity (Wildman–Crippen MR) is 109 cm³/mol. The van der Waals surface area contributed by atoms with E-state index in [1.807, 2.05) is 0 Å². The van der Waals surface area contributed by atoms with Crippen molar-refractivity contribution in [3.63, 3.8) is 0 Å². The number of aromatic hydroxyl groups is 4. The highest BCUT2D eigenvalue weighted by Gasteiger charge is 2.45. The summed E-state index contributed by atoms with van der Waals surface area (Å²) in [5.41, 5.74) is -1.16. The molecular formula is C21H20O12. The van der Waals surface area contributed by atoms with Gasteiger partial charge in [0.1, 0.15) is 46.9 Å². The second kappa shape index (κ2) is 8.42. The monoisotopic (exact) mass is 464 g/mol. The first-order valence-corrected chi connectivity index (χ1v) is 9.64. The summed E-state index contributed by atoms with van der Waals surface area (Å²) in [5.74, 6) is -2.97. The van der Waals surface area contributed by atoms with E-state index in [-0.39, 0.29) is 33.8 Å². The van der Waals surface area contributed by atoms with Crippen molar-refractivity contribution in [2.75, 3.05) is 6.61 Å². The molecule has 1 aliphatic rings. The molecule has 3 aromatic rings. The molecule has 0 saturated carbocycles. The zero-order valence-electron chi connectivity index (χ0n) is 16.7. The molecule has 0 bridgehead atoms. The van der Waals surface area contributed by atoms with Gasteiger partial charge >= 0.3 is 0 Å². The molecule has 2 heterocycles. The molecule has 8 N–H and O–H groups in total. The van der Waals surface area contributed by atoms with E-state index in [0.717, 1.165) is 18.2 Å². The van der Waals surface area contributed by atoms with Gasteiger partial charge in [0.05, 0.1) is 6.61 Å². The molecule has 0 spiro atoms. The first-order valence-electron chi connectivity index (χ1n) is 9.64. The number of aliphatic hydroxyl groups excluding tert-OH is 4. The Morgan fingerprint density at radius 3 is 2.30 bits per heavy atom. The second-order valence-electron chi connectivity index (χ2n) is 7.44. The molecule has 1 fully saturated rings. The number of rotatable bonds is 4. The van der Waals surface area contributed by atoms with Crippen LogP contribution in [0.1, 0.15) is 0 Å². The van der Waals surface area contributed by atoms with Crippen molar-refractivity contribution < 1.29 is 54.7 Å². The third-order valence-corrected chi connectivity index (χ3v) is 5.25. The van der Waals surface area contributed by atoms with E-state index < -0.39 is 60.0 Å². The fraction of sp³-hybridized carbons (Fsp3) is 0.286. The summed E-state index contributed by atoms with van der Waals surface area (Å²) in [6.45, 7) is -0.666. The minimum Gasteiger partial charge on any atom is -0.508 e. The molecule has 0 aliphatic carbocycles. The summed E-state index contributed by atoms with van der Waals surface area (Å²) < 4.78 is 16.1. The lowest BCUT2D eigenvalue weighted by Gasteiger charge is -2.39. The number of aliphatic hydroxyl groups is 4. The minimum absolute atomic E-state index is 0.0213. The molecule has 0 unspecified atom stereocenters. The van der Waals surface area contributed by atoms with Crippen LogP contribution in [0.3, 0.4) is 0 Å². The molecule has 0 radical (unpaired) electrons. The highest BCUT2D eigenvalue weighted by molar-refractivity contribution is 5.88. The van der Waals surface area contributed by atoms with Crippen molar-refractivity contribution in [2.24, 2.45) is 0 Å². The number of phenolic OH excluding ortho intramolecular Hbond substituents is 3. The lowest BCUT2D eigenvalue weighted by molar-refractivity contribution is -0.277. The maximum atomic E-state index is 12.5. The number of ether oxygens (including phenoxy) is 2. The van der Waals surface area contributed by atoms with Crippen LogP contribution in [0, 0.1) is 0 Å². The third-order valence-electron chi connectivity index (χ3n) is 5.25. The Hall–Kier alpha value is -3.55. The van der Waals surface area contributed by atoms with Gasteiger partial charge < -0.3 is 54.7 Å². The lowest BCUT2D eigenvalue weighted by Crippen LogP contribution is -2.60. The molecule has 2 aromatic carbocycles. The van der Waals surface area contributed by atoms with Crippen LogP contribution in [0.2, 0.25) is 0 Å². The highest BCUT2D eigenvalue weighted by Crippen LogP contribution is 2.39. The normalized spacial score (nSPS) is 25.3. The minimum atomic E-state index is -1.70. The van der Waals surface area contributed by atoms with E-state index in [0.29, 0.717) is 0 Å². The Bertz CT molecular complexity index is 1250. The van der Waals surface area contributed by atoms with Crippen LogP contribution in [0.5, 0.6) is 28.7 Å². The van der Waals surface area contributed by atoms with Crippen molar-refractivity contribution in [1.82, 2.24) is 0 Å². The van der Waals surface area contributed by atoms with Gasteiger partial charge in [0.25, 0.3) is 0 Å². The van der Waals surface area contributed by atoms with Crippen LogP contribution in [-0.4, -0.2) is 78.2 Å². The Balaban J connectivity index is 1.68. The fourth-order valence-electron chi connectivity index (χ4n) is 3.52. The van der Waals surface area contributed by atoms with Crippen LogP contribution in [-0.2, 0) is 4.74 Å². The molecule has 1 saturated heterocycles. The Labute approximate surface area is 184 Å². The number of hydrogen-bond acceptors (Lipinski definition) is 12. The summed E-state index contributed by atoms with van der Waals surface area (Å²) in [4.78, 5) is 12.5. The molecule has 5 atom stereocenters. The van der Waals surface area contributed by atoms with Crippen molar-refractivity contribution in [2.45, 2.75) is 30.7 Å². The van der Waals surface area contributed by atoms with E-state index in [9.17, 15) is 45.6 Å². The van der Waals surface area contributed by atoms with Crippen molar-refractivity contribution >= 4 is 11.0 Å². The quantitative estimate of drug-likeness (QED) is 0.245. The summed E-state index contributed by atoms with van der Waals surface area (Å²) >= 11 is 0. The molecule has 1 aliphatic heterocycles. The lowest BCUT2D eigenvalue weighted by atomic mass is 9.99. The summed E-state index contributed by atoms with van der Waals surface area (Å²) in [6.07, 6.45) is -7.73. The molecular weight excluding hydrogens is 444 g/mol. The SMILES string of the molecule is O=c1c(O)c(-c2ccc(O[C@@H]3O[C@H](CO)[C@@H](O)[C@@H](O)[C@H]3O)c(O)c2)oc2cc(O)cc(O)c12. The molecule has 4 rings (SSSR count). The highest BCUT2D eigenvalue weighted by atomic mass is 16.7. The van der Waals surface area contributed by atoms with Crippen LogP contribution >= 0.6 is 0 Å². The van der Waals surface area contributed by atoms with Gasteiger partial charge in [-0.25, -0.2) is 0 Å². The van der Waals surface area contributed by atoms with Crippen LogP contribution in [0.15, 0.2) is 39.5 Å². The largest absolute Gasteiger partial charge is 0.508 e. The van der Waals surface area contributed by atoms with Gasteiger partial charge in [0, 0.05) is 17.7 Å². The van der Waals surface area contributed by atoms with E-state index >= 15 is 0 Å². The topological polar surface area (TPSA) is 211 Å². The van der Waals surface area contributed by atoms with Crippen molar-refractivity contribution in [1.29, 1.82) is 0 Å². The molecule has 33 heavy (non-hydrogen) atoms. The second-order valence-corrected chi connectivity index (χ2v) is 7.44. The molecule has 12 nitrogen and oxygen atoms in total. The zero-order chi connectivity index (χ0) is 24.0. The zero-order valence-corrected chi connectivity index (χ0v) is 16.7. The average Bonchev–Trinajstić information content (AvgIpc) is 2.77. The third kappa shape index (κ3) is 3.90. The predicted octanol–water partition coefficient (Wildman–Crippen LogP) is -0.539. The first-order chi connectivity index (χ1) is 15.6. The van der Waals surface area contributed by atoms with Gasteiger partial charge in [-0.15, -0.1) is 0 Å². The van der Waals surface area contributed by atoms with E-state index in [1.54, 1.807) is 0 Å². The first kappa shape index (κ1) is 22.6. The fourth-order valence-corrected chi connectivity index (χ4v) is 3.52. The molecule has 0 amide bonds. The summed E-state index contributed by atoms with van der Waals surface area (Å²) in [6, 6.07) is 5.51. The summed E-state index contributed by atoms with van der Waals surface area (Å²) in [7, 11) is 0. The molecule has 1 aromatic heterocycles. The Morgan fingerprint density at radius 1 is 0.909 bits per heavy atom. The maximum absolute atomic E-state index is 12.5. The van der Waals surface area contributed by atoms with Gasteiger partial charge in [-0.05, 0) is 18.2 Å². The number of hydrogen-bond donors (Lipinski definition) is 8. The maximum Gasteiger partial charge on any atom is 0.238 e. The van der Waals surface area contributed by atoms with Crippen molar-refractivity contribution in [3.8, 4) is 40.1 Å². The van der Waals surface area contributed by atoms with Crippen LogP contribution < -0.4 is 10.2 Å². The average molecular weight is 464 g/mol. The van der Waals surface area contributed by atoms with E-state index in [1.165, 1.54) is 12.1 Å². The van der Waals surface area contributed by atoms with E-state index in [2.05, 4.69) is 0 Å².